The molecule has 0 saturated carbocycles. The summed E-state index contributed by atoms with van der Waals surface area (Å²) < 4.78 is 15.8. The number of methoxy groups -OCH3 is 1. The molecular formula is C15H22O4. The van der Waals surface area contributed by atoms with Gasteiger partial charge in [0.1, 0.15) is 5.75 Å². The molecule has 4 nitrogen and oxygen atoms in total. The summed E-state index contributed by atoms with van der Waals surface area (Å²) in [6.45, 7) is 4.31. The van der Waals surface area contributed by atoms with Crippen molar-refractivity contribution in [1.82, 2.24) is 0 Å². The van der Waals surface area contributed by atoms with Crippen LogP contribution in [-0.2, 0) is 9.47 Å². The minimum absolute atomic E-state index is 0.133. The van der Waals surface area contributed by atoms with E-state index in [-0.39, 0.29) is 5.78 Å². The molecule has 0 heterocycles. The second kappa shape index (κ2) is 9.53. The van der Waals surface area contributed by atoms with E-state index < -0.39 is 0 Å². The van der Waals surface area contributed by atoms with Gasteiger partial charge in [-0.25, -0.2) is 0 Å². The zero-order valence-corrected chi connectivity index (χ0v) is 11.7. The van der Waals surface area contributed by atoms with E-state index >= 15 is 0 Å². The maximum Gasteiger partial charge on any atom is 0.162 e. The molecule has 0 unspecified atom stereocenters. The van der Waals surface area contributed by atoms with E-state index in [1.54, 1.807) is 13.2 Å². The van der Waals surface area contributed by atoms with Crippen LogP contribution < -0.4 is 4.74 Å². The lowest BCUT2D eigenvalue weighted by atomic mass is 10.1. The van der Waals surface area contributed by atoms with Crippen LogP contribution in [0.3, 0.4) is 0 Å². The SMILES string of the molecule is CCC(=O)c1cccc(OCCCOCCOC)c1. The lowest BCUT2D eigenvalue weighted by Crippen LogP contribution is -2.07. The van der Waals surface area contributed by atoms with Gasteiger partial charge in [-0.05, 0) is 12.1 Å². The standard InChI is InChI=1S/C15H22O4/c1-3-15(16)13-6-4-7-14(12-13)19-9-5-8-18-11-10-17-2/h4,6-7,12H,3,5,8-11H2,1-2H3. The fourth-order valence-electron chi connectivity index (χ4n) is 1.56. The number of Topliss-reactive ketones (excluding diaryl/α,β-unsaturated/α-hetero) is 1. The van der Waals surface area contributed by atoms with Crippen molar-refractivity contribution in [2.45, 2.75) is 19.8 Å². The number of hydrogen-bond acceptors (Lipinski definition) is 4. The minimum Gasteiger partial charge on any atom is -0.493 e. The summed E-state index contributed by atoms with van der Waals surface area (Å²) in [6, 6.07) is 7.30. The Bertz CT molecular complexity index is 376. The number of carbonyl (C=O) groups excluding carboxylic acids is 1. The van der Waals surface area contributed by atoms with Crippen molar-refractivity contribution >= 4 is 5.78 Å². The Morgan fingerprint density at radius 3 is 2.74 bits per heavy atom. The zero-order chi connectivity index (χ0) is 13.9. The molecule has 0 spiro atoms. The first-order valence-electron chi connectivity index (χ1n) is 6.60. The van der Waals surface area contributed by atoms with Gasteiger partial charge >= 0.3 is 0 Å². The van der Waals surface area contributed by atoms with E-state index in [1.807, 2.05) is 25.1 Å². The fourth-order valence-corrected chi connectivity index (χ4v) is 1.56. The van der Waals surface area contributed by atoms with E-state index in [4.69, 9.17) is 14.2 Å². The molecule has 1 rings (SSSR count). The molecule has 0 amide bonds. The second-order valence-corrected chi connectivity index (χ2v) is 4.11. The van der Waals surface area contributed by atoms with Gasteiger partial charge < -0.3 is 14.2 Å². The van der Waals surface area contributed by atoms with Crippen molar-refractivity contribution in [3.8, 4) is 5.75 Å². The third-order valence-electron chi connectivity index (χ3n) is 2.61. The summed E-state index contributed by atoms with van der Waals surface area (Å²) >= 11 is 0. The molecule has 0 fully saturated rings. The van der Waals surface area contributed by atoms with Crippen molar-refractivity contribution in [3.63, 3.8) is 0 Å². The van der Waals surface area contributed by atoms with E-state index in [2.05, 4.69) is 0 Å². The maximum atomic E-state index is 11.6. The van der Waals surface area contributed by atoms with Gasteiger partial charge in [-0.3, -0.25) is 4.79 Å². The first kappa shape index (κ1) is 15.7. The predicted molar refractivity (Wildman–Crippen MR) is 73.9 cm³/mol. The summed E-state index contributed by atoms with van der Waals surface area (Å²) in [6.07, 6.45) is 1.33. The molecule has 106 valence electrons. The number of benzene rings is 1. The van der Waals surface area contributed by atoms with Gasteiger partial charge in [-0.15, -0.1) is 0 Å². The molecule has 0 aliphatic heterocycles. The molecule has 0 atom stereocenters. The molecule has 0 bridgehead atoms. The van der Waals surface area contributed by atoms with Gasteiger partial charge in [-0.2, -0.15) is 0 Å². The number of hydrogen-bond donors (Lipinski definition) is 0. The average molecular weight is 266 g/mol. The highest BCUT2D eigenvalue weighted by Gasteiger charge is 2.03. The smallest absolute Gasteiger partial charge is 0.162 e. The zero-order valence-electron chi connectivity index (χ0n) is 11.7. The minimum atomic E-state index is 0.133. The number of carbonyl (C=O) groups is 1. The van der Waals surface area contributed by atoms with Gasteiger partial charge in [-0.1, -0.05) is 19.1 Å². The van der Waals surface area contributed by atoms with E-state index in [0.717, 1.165) is 12.2 Å². The van der Waals surface area contributed by atoms with Crippen LogP contribution in [-0.4, -0.2) is 39.3 Å². The average Bonchev–Trinajstić information content (AvgIpc) is 2.46. The van der Waals surface area contributed by atoms with Crippen molar-refractivity contribution in [2.75, 3.05) is 33.5 Å². The molecule has 1 aromatic carbocycles. The van der Waals surface area contributed by atoms with E-state index in [0.29, 0.717) is 38.4 Å². The van der Waals surface area contributed by atoms with Crippen LogP contribution in [0.15, 0.2) is 24.3 Å². The molecule has 0 aromatic heterocycles. The van der Waals surface area contributed by atoms with Crippen molar-refractivity contribution in [1.29, 1.82) is 0 Å². The van der Waals surface area contributed by atoms with Crippen LogP contribution in [0.2, 0.25) is 0 Å². The highest BCUT2D eigenvalue weighted by molar-refractivity contribution is 5.96. The summed E-state index contributed by atoms with van der Waals surface area (Å²) in [4.78, 5) is 11.6. The molecule has 0 radical (unpaired) electrons. The molecule has 19 heavy (non-hydrogen) atoms. The summed E-state index contributed by atoms with van der Waals surface area (Å²) in [5.41, 5.74) is 0.705. The van der Waals surface area contributed by atoms with E-state index in [9.17, 15) is 4.79 Å². The fraction of sp³-hybridized carbons (Fsp3) is 0.533. The maximum absolute atomic E-state index is 11.6. The lowest BCUT2D eigenvalue weighted by Gasteiger charge is -2.08. The second-order valence-electron chi connectivity index (χ2n) is 4.11. The Kier molecular flexibility index (Phi) is 7.86. The Morgan fingerprint density at radius 1 is 1.16 bits per heavy atom. The van der Waals surface area contributed by atoms with Gasteiger partial charge in [0.15, 0.2) is 5.78 Å². The van der Waals surface area contributed by atoms with Crippen LogP contribution in [0.25, 0.3) is 0 Å². The Labute approximate surface area is 114 Å². The first-order valence-corrected chi connectivity index (χ1v) is 6.60. The van der Waals surface area contributed by atoms with Crippen molar-refractivity contribution in [2.24, 2.45) is 0 Å². The molecule has 0 aliphatic carbocycles. The molecular weight excluding hydrogens is 244 g/mol. The monoisotopic (exact) mass is 266 g/mol. The number of ketones is 1. The topological polar surface area (TPSA) is 44.8 Å². The highest BCUT2D eigenvalue weighted by Crippen LogP contribution is 2.14. The summed E-state index contributed by atoms with van der Waals surface area (Å²) in [5, 5.41) is 0. The van der Waals surface area contributed by atoms with Crippen molar-refractivity contribution < 1.29 is 19.0 Å². The highest BCUT2D eigenvalue weighted by atomic mass is 16.5. The molecule has 0 saturated heterocycles. The predicted octanol–water partition coefficient (Wildman–Crippen LogP) is 2.71. The largest absolute Gasteiger partial charge is 0.493 e. The van der Waals surface area contributed by atoms with Gasteiger partial charge in [0, 0.05) is 32.1 Å². The van der Waals surface area contributed by atoms with Gasteiger partial charge in [0.25, 0.3) is 0 Å². The van der Waals surface area contributed by atoms with Crippen LogP contribution in [0.4, 0.5) is 0 Å². The lowest BCUT2D eigenvalue weighted by molar-refractivity contribution is 0.0644. The Hall–Kier alpha value is -1.39. The van der Waals surface area contributed by atoms with Crippen LogP contribution >= 0.6 is 0 Å². The molecule has 0 aliphatic rings. The van der Waals surface area contributed by atoms with E-state index in [1.165, 1.54) is 0 Å². The first-order chi connectivity index (χ1) is 9.27. The third kappa shape index (κ3) is 6.36. The van der Waals surface area contributed by atoms with Crippen molar-refractivity contribution in [3.05, 3.63) is 29.8 Å². The van der Waals surface area contributed by atoms with Crippen LogP contribution in [0.5, 0.6) is 5.75 Å². The normalized spacial score (nSPS) is 10.4. The molecule has 1 aromatic rings. The molecule has 4 heteroatoms. The third-order valence-corrected chi connectivity index (χ3v) is 2.61. The molecule has 0 N–H and O–H groups in total. The summed E-state index contributed by atoms with van der Waals surface area (Å²) in [5.74, 6) is 0.865. The number of ether oxygens (including phenoxy) is 3. The number of rotatable bonds is 10. The van der Waals surface area contributed by atoms with Crippen LogP contribution in [0.1, 0.15) is 30.1 Å². The Balaban J connectivity index is 2.24. The van der Waals surface area contributed by atoms with Gasteiger partial charge in [0.2, 0.25) is 0 Å². The van der Waals surface area contributed by atoms with Gasteiger partial charge in [0.05, 0.1) is 19.8 Å². The Morgan fingerprint density at radius 2 is 2.00 bits per heavy atom. The van der Waals surface area contributed by atoms with Crippen LogP contribution in [0, 0.1) is 0 Å². The quantitative estimate of drug-likeness (QED) is 0.482. The summed E-state index contributed by atoms with van der Waals surface area (Å²) in [7, 11) is 1.65.